The highest BCUT2D eigenvalue weighted by molar-refractivity contribution is 5.96. The third-order valence-corrected chi connectivity index (χ3v) is 3.89. The summed E-state index contributed by atoms with van der Waals surface area (Å²) in [6, 6.07) is -2.56. The molecule has 3 atom stereocenters. The molecule has 148 valence electrons. The predicted octanol–water partition coefficient (Wildman–Crippen LogP) is -3.17. The minimum Gasteiger partial charge on any atom is -0.394 e. The van der Waals surface area contributed by atoms with Crippen molar-refractivity contribution >= 4 is 24.1 Å². The van der Waals surface area contributed by atoms with Gasteiger partial charge in [-0.1, -0.05) is 0 Å². The van der Waals surface area contributed by atoms with E-state index in [1.807, 2.05) is 0 Å². The minimum absolute atomic E-state index is 0.0593. The summed E-state index contributed by atoms with van der Waals surface area (Å²) in [5, 5.41) is 34.6. The highest BCUT2D eigenvalue weighted by Gasteiger charge is 2.32. The van der Waals surface area contributed by atoms with Crippen LogP contribution < -0.4 is 21.4 Å². The maximum Gasteiger partial charge on any atom is 0.243 e. The van der Waals surface area contributed by atoms with Crippen molar-refractivity contribution in [2.24, 2.45) is 0 Å². The molecule has 0 aromatic carbocycles. The monoisotopic (exact) mass is 375 g/mol. The summed E-state index contributed by atoms with van der Waals surface area (Å²) >= 11 is 0. The number of aliphatic hydroxyl groups is 1. The van der Waals surface area contributed by atoms with E-state index in [4.69, 9.17) is 15.5 Å². The number of rotatable bonds is 12. The van der Waals surface area contributed by atoms with Gasteiger partial charge in [0.15, 0.2) is 0 Å². The summed E-state index contributed by atoms with van der Waals surface area (Å²) in [6.07, 6.45) is 1.58. The van der Waals surface area contributed by atoms with Crippen LogP contribution in [0.15, 0.2) is 0 Å². The van der Waals surface area contributed by atoms with Gasteiger partial charge in [-0.3, -0.25) is 24.4 Å². The van der Waals surface area contributed by atoms with Gasteiger partial charge < -0.3 is 26.3 Å². The van der Waals surface area contributed by atoms with Gasteiger partial charge in [0.25, 0.3) is 0 Å². The SMILES string of the molecule is O=CN(O)CCC[C@H]1NC(=O)[C@H](CCCNC(=O)[C@H](CO)NO)NC1=O. The lowest BCUT2D eigenvalue weighted by molar-refractivity contribution is -0.150. The second-order valence-electron chi connectivity index (χ2n) is 5.83. The summed E-state index contributed by atoms with van der Waals surface area (Å²) in [7, 11) is 0. The Morgan fingerprint density at radius 1 is 1.19 bits per heavy atom. The molecule has 1 heterocycles. The maximum absolute atomic E-state index is 12.0. The quantitative estimate of drug-likeness (QED) is 0.0807. The van der Waals surface area contributed by atoms with E-state index in [1.165, 1.54) is 0 Å². The molecule has 1 saturated heterocycles. The molecule has 0 aliphatic carbocycles. The van der Waals surface area contributed by atoms with Gasteiger partial charge in [-0.05, 0) is 25.7 Å². The summed E-state index contributed by atoms with van der Waals surface area (Å²) in [5.41, 5.74) is 1.67. The molecule has 12 nitrogen and oxygen atoms in total. The van der Waals surface area contributed by atoms with Gasteiger partial charge in [0, 0.05) is 13.1 Å². The Hall–Kier alpha value is -2.28. The van der Waals surface area contributed by atoms with Crippen LogP contribution in [0.25, 0.3) is 0 Å². The average Bonchev–Trinajstić information content (AvgIpc) is 2.62. The van der Waals surface area contributed by atoms with Crippen molar-refractivity contribution in [2.75, 3.05) is 19.7 Å². The number of nitrogens with one attached hydrogen (secondary N) is 4. The third-order valence-electron chi connectivity index (χ3n) is 3.89. The molecule has 1 rings (SSSR count). The predicted molar refractivity (Wildman–Crippen MR) is 85.7 cm³/mol. The number of hydrogen-bond donors (Lipinski definition) is 7. The Bertz CT molecular complexity index is 500. The number of hydrogen-bond acceptors (Lipinski definition) is 8. The first-order valence-electron chi connectivity index (χ1n) is 8.22. The third kappa shape index (κ3) is 6.92. The Morgan fingerprint density at radius 2 is 1.77 bits per heavy atom. The zero-order valence-corrected chi connectivity index (χ0v) is 14.2. The van der Waals surface area contributed by atoms with Crippen LogP contribution in [0.4, 0.5) is 0 Å². The van der Waals surface area contributed by atoms with Crippen LogP contribution in [0.3, 0.4) is 0 Å². The fourth-order valence-corrected chi connectivity index (χ4v) is 2.42. The van der Waals surface area contributed by atoms with Gasteiger partial charge in [0.05, 0.1) is 6.61 Å². The highest BCUT2D eigenvalue weighted by atomic mass is 16.5. The fraction of sp³-hybridized carbons (Fsp3) is 0.714. The number of hydroxylamine groups is 3. The Kier molecular flexibility index (Phi) is 9.51. The van der Waals surface area contributed by atoms with E-state index < -0.39 is 30.6 Å². The summed E-state index contributed by atoms with van der Waals surface area (Å²) in [6.45, 7) is -0.298. The zero-order chi connectivity index (χ0) is 19.5. The Balaban J connectivity index is 2.30. The van der Waals surface area contributed by atoms with Crippen molar-refractivity contribution in [3.05, 3.63) is 0 Å². The standard InChI is InChI=1S/C14H25N5O7/c20-7-11(18-25)12(22)15-5-1-3-9-13(23)17-10(14(24)16-9)4-2-6-19(26)8-21/h8-11,18,20,25-26H,1-7H2,(H,15,22)(H,16,24)(H,17,23)/t9-,10+,11-/m0/s1. The number of amides is 4. The van der Waals surface area contributed by atoms with Crippen LogP contribution >= 0.6 is 0 Å². The van der Waals surface area contributed by atoms with E-state index in [1.54, 1.807) is 5.48 Å². The average molecular weight is 375 g/mol. The van der Waals surface area contributed by atoms with Gasteiger partial charge >= 0.3 is 0 Å². The Morgan fingerprint density at radius 3 is 2.27 bits per heavy atom. The van der Waals surface area contributed by atoms with Crippen LogP contribution in [-0.2, 0) is 19.2 Å². The lowest BCUT2D eigenvalue weighted by Crippen LogP contribution is -2.61. The molecule has 0 aromatic rings. The highest BCUT2D eigenvalue weighted by Crippen LogP contribution is 2.08. The number of nitrogens with zero attached hydrogens (tertiary/aromatic N) is 1. The van der Waals surface area contributed by atoms with E-state index in [9.17, 15) is 19.2 Å². The maximum atomic E-state index is 12.0. The van der Waals surface area contributed by atoms with Crippen LogP contribution in [0, 0.1) is 0 Å². The molecule has 26 heavy (non-hydrogen) atoms. The van der Waals surface area contributed by atoms with Crippen molar-refractivity contribution in [2.45, 2.75) is 43.8 Å². The van der Waals surface area contributed by atoms with Crippen molar-refractivity contribution < 1.29 is 34.7 Å². The molecule has 0 aromatic heterocycles. The molecule has 1 aliphatic rings. The van der Waals surface area contributed by atoms with E-state index in [2.05, 4.69) is 16.0 Å². The molecule has 1 fully saturated rings. The number of aliphatic hydroxyl groups excluding tert-OH is 1. The molecule has 12 heteroatoms. The first kappa shape index (κ1) is 21.8. The van der Waals surface area contributed by atoms with E-state index in [0.29, 0.717) is 24.3 Å². The zero-order valence-electron chi connectivity index (χ0n) is 14.2. The van der Waals surface area contributed by atoms with Gasteiger partial charge in [-0.15, -0.1) is 0 Å². The number of carbonyl (C=O) groups excluding carboxylic acids is 4. The van der Waals surface area contributed by atoms with E-state index >= 15 is 0 Å². The number of piperazine rings is 1. The van der Waals surface area contributed by atoms with Gasteiger partial charge in [0.2, 0.25) is 24.1 Å². The smallest absolute Gasteiger partial charge is 0.243 e. The van der Waals surface area contributed by atoms with E-state index in [-0.39, 0.29) is 37.7 Å². The van der Waals surface area contributed by atoms with Crippen LogP contribution in [-0.4, -0.2) is 82.5 Å². The molecule has 0 bridgehead atoms. The van der Waals surface area contributed by atoms with Gasteiger partial charge in [0.1, 0.15) is 18.1 Å². The second-order valence-corrected chi connectivity index (χ2v) is 5.83. The molecular formula is C14H25N5O7. The largest absolute Gasteiger partial charge is 0.394 e. The second kappa shape index (κ2) is 11.4. The van der Waals surface area contributed by atoms with Crippen LogP contribution in [0.1, 0.15) is 25.7 Å². The summed E-state index contributed by atoms with van der Waals surface area (Å²) < 4.78 is 0. The molecule has 0 spiro atoms. The first-order chi connectivity index (χ1) is 12.4. The molecule has 0 saturated carbocycles. The van der Waals surface area contributed by atoms with Crippen molar-refractivity contribution in [3.63, 3.8) is 0 Å². The Labute approximate surface area is 149 Å². The molecule has 1 aliphatic heterocycles. The molecular weight excluding hydrogens is 350 g/mol. The molecule has 7 N–H and O–H groups in total. The summed E-state index contributed by atoms with van der Waals surface area (Å²) in [5.74, 6) is -1.28. The molecule has 0 radical (unpaired) electrons. The minimum atomic E-state index is -1.12. The summed E-state index contributed by atoms with van der Waals surface area (Å²) in [4.78, 5) is 45.8. The normalized spacial score (nSPS) is 20.7. The lowest BCUT2D eigenvalue weighted by Gasteiger charge is -2.29. The van der Waals surface area contributed by atoms with Gasteiger partial charge in [-0.25, -0.2) is 5.06 Å². The fourth-order valence-electron chi connectivity index (χ4n) is 2.42. The van der Waals surface area contributed by atoms with Crippen molar-refractivity contribution in [1.29, 1.82) is 0 Å². The van der Waals surface area contributed by atoms with Crippen molar-refractivity contribution in [1.82, 2.24) is 26.5 Å². The van der Waals surface area contributed by atoms with Crippen molar-refractivity contribution in [3.8, 4) is 0 Å². The van der Waals surface area contributed by atoms with Crippen LogP contribution in [0.5, 0.6) is 0 Å². The van der Waals surface area contributed by atoms with Gasteiger partial charge in [-0.2, -0.15) is 5.48 Å². The topological polar surface area (TPSA) is 180 Å². The number of carbonyl (C=O) groups is 4. The molecule has 4 amide bonds. The molecule has 0 unspecified atom stereocenters. The first-order valence-corrected chi connectivity index (χ1v) is 8.22. The lowest BCUT2D eigenvalue weighted by atomic mass is 10.0. The van der Waals surface area contributed by atoms with E-state index in [0.717, 1.165) is 0 Å². The van der Waals surface area contributed by atoms with Crippen LogP contribution in [0.2, 0.25) is 0 Å².